The van der Waals surface area contributed by atoms with Crippen molar-refractivity contribution in [1.82, 2.24) is 15.2 Å². The van der Waals surface area contributed by atoms with E-state index in [1.165, 1.54) is 5.56 Å². The van der Waals surface area contributed by atoms with E-state index in [4.69, 9.17) is 10.6 Å². The Morgan fingerprint density at radius 1 is 1.42 bits per heavy atom. The lowest BCUT2D eigenvalue weighted by Crippen LogP contribution is -2.29. The summed E-state index contributed by atoms with van der Waals surface area (Å²) in [5.41, 5.74) is 6.04. The molecule has 1 atom stereocenters. The second-order valence-corrected chi connectivity index (χ2v) is 4.43. The van der Waals surface area contributed by atoms with Crippen LogP contribution in [-0.2, 0) is 13.5 Å². The first-order valence-corrected chi connectivity index (χ1v) is 6.32. The lowest BCUT2D eigenvalue weighted by atomic mass is 10.0. The van der Waals surface area contributed by atoms with Gasteiger partial charge in [0.2, 0.25) is 5.88 Å². The third-order valence-electron chi connectivity index (χ3n) is 3.22. The van der Waals surface area contributed by atoms with Gasteiger partial charge >= 0.3 is 0 Å². The van der Waals surface area contributed by atoms with Crippen molar-refractivity contribution in [3.63, 3.8) is 0 Å². The quantitative estimate of drug-likeness (QED) is 0.632. The molecule has 0 aliphatic heterocycles. The van der Waals surface area contributed by atoms with Crippen molar-refractivity contribution in [2.24, 2.45) is 12.9 Å². The standard InChI is InChI=1S/C14H20N4O/c1-4-10-6-5-7-11(8-10)14(16-15)12-9-13(19-3)18(2)17-12/h5-9,14,16H,4,15H2,1-3H3. The van der Waals surface area contributed by atoms with Crippen molar-refractivity contribution in [2.45, 2.75) is 19.4 Å². The second kappa shape index (κ2) is 5.86. The molecule has 1 aromatic heterocycles. The Bertz CT molecular complexity index is 550. The summed E-state index contributed by atoms with van der Waals surface area (Å²) in [4.78, 5) is 0. The maximum absolute atomic E-state index is 5.69. The summed E-state index contributed by atoms with van der Waals surface area (Å²) in [6, 6.07) is 10.1. The molecule has 5 heteroatoms. The second-order valence-electron chi connectivity index (χ2n) is 4.43. The monoisotopic (exact) mass is 260 g/mol. The topological polar surface area (TPSA) is 65.1 Å². The van der Waals surface area contributed by atoms with Gasteiger partial charge in [-0.3, -0.25) is 5.84 Å². The van der Waals surface area contributed by atoms with E-state index in [9.17, 15) is 0 Å². The molecule has 0 bridgehead atoms. The SMILES string of the molecule is CCc1cccc(C(NN)c2cc(OC)n(C)n2)c1. The van der Waals surface area contributed by atoms with Crippen molar-refractivity contribution in [3.05, 3.63) is 47.2 Å². The van der Waals surface area contributed by atoms with Crippen LogP contribution in [0.4, 0.5) is 0 Å². The molecular weight excluding hydrogens is 240 g/mol. The molecule has 1 heterocycles. The highest BCUT2D eigenvalue weighted by molar-refractivity contribution is 5.33. The molecule has 5 nitrogen and oxygen atoms in total. The maximum Gasteiger partial charge on any atom is 0.211 e. The van der Waals surface area contributed by atoms with Crippen LogP contribution in [0.2, 0.25) is 0 Å². The van der Waals surface area contributed by atoms with Gasteiger partial charge in [-0.1, -0.05) is 31.2 Å². The summed E-state index contributed by atoms with van der Waals surface area (Å²) in [6.45, 7) is 2.13. The Morgan fingerprint density at radius 3 is 2.79 bits per heavy atom. The highest BCUT2D eigenvalue weighted by Gasteiger charge is 2.17. The molecule has 2 rings (SSSR count). The van der Waals surface area contributed by atoms with E-state index in [2.05, 4.69) is 29.6 Å². The summed E-state index contributed by atoms with van der Waals surface area (Å²) >= 11 is 0. The highest BCUT2D eigenvalue weighted by Crippen LogP contribution is 2.24. The number of nitrogens with one attached hydrogen (secondary N) is 1. The normalized spacial score (nSPS) is 12.4. The number of rotatable bonds is 5. The summed E-state index contributed by atoms with van der Waals surface area (Å²) < 4.78 is 6.93. The van der Waals surface area contributed by atoms with E-state index in [-0.39, 0.29) is 6.04 Å². The number of hydrogen-bond donors (Lipinski definition) is 2. The van der Waals surface area contributed by atoms with Gasteiger partial charge in [0.05, 0.1) is 18.8 Å². The van der Waals surface area contributed by atoms with Gasteiger partial charge < -0.3 is 4.74 Å². The molecule has 0 saturated heterocycles. The molecule has 0 saturated carbocycles. The van der Waals surface area contributed by atoms with Gasteiger partial charge in [-0.25, -0.2) is 10.1 Å². The zero-order valence-corrected chi connectivity index (χ0v) is 11.6. The third-order valence-corrected chi connectivity index (χ3v) is 3.22. The average Bonchev–Trinajstić information content (AvgIpc) is 2.81. The van der Waals surface area contributed by atoms with Crippen LogP contribution in [0.5, 0.6) is 5.88 Å². The minimum absolute atomic E-state index is 0.137. The summed E-state index contributed by atoms with van der Waals surface area (Å²) in [7, 11) is 3.47. The number of benzene rings is 1. The number of hydrogen-bond acceptors (Lipinski definition) is 4. The summed E-state index contributed by atoms with van der Waals surface area (Å²) in [6.07, 6.45) is 0.997. The Hall–Kier alpha value is -1.85. The Balaban J connectivity index is 2.37. The van der Waals surface area contributed by atoms with Gasteiger partial charge in [0.15, 0.2) is 0 Å². The van der Waals surface area contributed by atoms with Crippen LogP contribution in [0.25, 0.3) is 0 Å². The molecule has 0 aliphatic carbocycles. The van der Waals surface area contributed by atoms with E-state index < -0.39 is 0 Å². The van der Waals surface area contributed by atoms with E-state index in [1.54, 1.807) is 11.8 Å². The highest BCUT2D eigenvalue weighted by atomic mass is 16.5. The smallest absolute Gasteiger partial charge is 0.211 e. The molecule has 102 valence electrons. The van der Waals surface area contributed by atoms with Crippen LogP contribution in [0.1, 0.15) is 29.8 Å². The Morgan fingerprint density at radius 2 is 2.21 bits per heavy atom. The van der Waals surface area contributed by atoms with E-state index in [0.29, 0.717) is 5.88 Å². The zero-order valence-electron chi connectivity index (χ0n) is 11.6. The van der Waals surface area contributed by atoms with Gasteiger partial charge in [-0.15, -0.1) is 0 Å². The fraction of sp³-hybridized carbons (Fsp3) is 0.357. The summed E-state index contributed by atoms with van der Waals surface area (Å²) in [5, 5.41) is 4.43. The maximum atomic E-state index is 5.69. The van der Waals surface area contributed by atoms with Crippen molar-refractivity contribution in [1.29, 1.82) is 0 Å². The van der Waals surface area contributed by atoms with E-state index >= 15 is 0 Å². The fourth-order valence-electron chi connectivity index (χ4n) is 2.15. The van der Waals surface area contributed by atoms with Crippen molar-refractivity contribution >= 4 is 0 Å². The number of aromatic nitrogens is 2. The van der Waals surface area contributed by atoms with E-state index in [1.807, 2.05) is 25.2 Å². The van der Waals surface area contributed by atoms with E-state index in [0.717, 1.165) is 17.7 Å². The third kappa shape index (κ3) is 2.77. The Kier molecular flexibility index (Phi) is 4.19. The number of nitrogens with two attached hydrogens (primary N) is 1. The van der Waals surface area contributed by atoms with Crippen LogP contribution < -0.4 is 16.0 Å². The molecule has 0 spiro atoms. The molecule has 0 radical (unpaired) electrons. The van der Waals surface area contributed by atoms with Crippen molar-refractivity contribution < 1.29 is 4.74 Å². The molecule has 0 fully saturated rings. The first-order valence-electron chi connectivity index (χ1n) is 6.32. The van der Waals surface area contributed by atoms with Crippen molar-refractivity contribution in [2.75, 3.05) is 7.11 Å². The number of hydrazine groups is 1. The number of aryl methyl sites for hydroxylation is 2. The lowest BCUT2D eigenvalue weighted by molar-refractivity contribution is 0.373. The van der Waals surface area contributed by atoms with Crippen LogP contribution in [0.15, 0.2) is 30.3 Å². The fourth-order valence-corrected chi connectivity index (χ4v) is 2.15. The van der Waals surface area contributed by atoms with Gasteiger partial charge in [-0.05, 0) is 17.5 Å². The van der Waals surface area contributed by atoms with Crippen LogP contribution in [-0.4, -0.2) is 16.9 Å². The number of methoxy groups -OCH3 is 1. The summed E-state index contributed by atoms with van der Waals surface area (Å²) in [5.74, 6) is 6.40. The molecule has 2 aromatic rings. The predicted octanol–water partition coefficient (Wildman–Crippen LogP) is 1.54. The van der Waals surface area contributed by atoms with Gasteiger partial charge in [0, 0.05) is 13.1 Å². The van der Waals surface area contributed by atoms with Crippen LogP contribution in [0, 0.1) is 0 Å². The van der Waals surface area contributed by atoms with Crippen LogP contribution in [0.3, 0.4) is 0 Å². The molecule has 1 aromatic carbocycles. The predicted molar refractivity (Wildman–Crippen MR) is 74.7 cm³/mol. The minimum atomic E-state index is -0.137. The molecule has 3 N–H and O–H groups in total. The molecule has 0 aliphatic rings. The molecule has 1 unspecified atom stereocenters. The average molecular weight is 260 g/mol. The van der Waals surface area contributed by atoms with Crippen molar-refractivity contribution in [3.8, 4) is 5.88 Å². The van der Waals surface area contributed by atoms with Gasteiger partial charge in [0.25, 0.3) is 0 Å². The largest absolute Gasteiger partial charge is 0.481 e. The molecule has 0 amide bonds. The molecular formula is C14H20N4O. The first-order chi connectivity index (χ1) is 9.19. The first kappa shape index (κ1) is 13.6. The molecule has 19 heavy (non-hydrogen) atoms. The minimum Gasteiger partial charge on any atom is -0.481 e. The zero-order chi connectivity index (χ0) is 13.8. The lowest BCUT2D eigenvalue weighted by Gasteiger charge is -2.14. The number of ether oxygens (including phenoxy) is 1. The Labute approximate surface area is 113 Å². The van der Waals surface area contributed by atoms with Gasteiger partial charge in [0.1, 0.15) is 0 Å². The van der Waals surface area contributed by atoms with Crippen LogP contribution >= 0.6 is 0 Å². The number of nitrogens with zero attached hydrogens (tertiary/aromatic N) is 2. The van der Waals surface area contributed by atoms with Gasteiger partial charge in [-0.2, -0.15) is 5.10 Å².